The Morgan fingerprint density at radius 1 is 1.05 bits per heavy atom. The number of aryl methyl sites for hydroxylation is 2. The zero-order chi connectivity index (χ0) is 14.1. The topological polar surface area (TPSA) is 21.3 Å². The molecule has 2 atom stereocenters. The highest BCUT2D eigenvalue weighted by atomic mass is 16.5. The summed E-state index contributed by atoms with van der Waals surface area (Å²) in [5.41, 5.74) is 5.25. The summed E-state index contributed by atoms with van der Waals surface area (Å²) < 4.78 is 6.26. The first-order valence-corrected chi connectivity index (χ1v) is 7.17. The van der Waals surface area contributed by atoms with E-state index in [9.17, 15) is 0 Å². The van der Waals surface area contributed by atoms with E-state index in [1.165, 1.54) is 22.3 Å². The predicted octanol–water partition coefficient (Wildman–Crippen LogP) is 3.57. The van der Waals surface area contributed by atoms with Gasteiger partial charge in [-0.15, -0.1) is 0 Å². The standard InChI is InChI=1S/C18H21NO/c1-12-8-13(2)10-15(9-12)20-17-11-14-6-4-5-7-16(14)18(17)19-3/h4-10,17-19H,11H2,1-3H3. The summed E-state index contributed by atoms with van der Waals surface area (Å²) >= 11 is 0. The number of benzene rings is 2. The van der Waals surface area contributed by atoms with E-state index >= 15 is 0 Å². The normalized spacial score (nSPS) is 20.8. The molecule has 2 heteroatoms. The first kappa shape index (κ1) is 13.2. The highest BCUT2D eigenvalue weighted by Crippen LogP contribution is 2.34. The zero-order valence-corrected chi connectivity index (χ0v) is 12.3. The minimum atomic E-state index is 0.165. The van der Waals surface area contributed by atoms with Gasteiger partial charge in [0, 0.05) is 6.42 Å². The minimum Gasteiger partial charge on any atom is -0.488 e. The lowest BCUT2D eigenvalue weighted by Crippen LogP contribution is -2.30. The second-order valence-electron chi connectivity index (χ2n) is 5.65. The average molecular weight is 267 g/mol. The molecule has 1 aliphatic carbocycles. The third-order valence-corrected chi connectivity index (χ3v) is 3.98. The van der Waals surface area contributed by atoms with Crippen LogP contribution in [0.3, 0.4) is 0 Å². The predicted molar refractivity (Wildman–Crippen MR) is 82.3 cm³/mol. The SMILES string of the molecule is CNC1c2ccccc2CC1Oc1cc(C)cc(C)c1. The summed E-state index contributed by atoms with van der Waals surface area (Å²) in [7, 11) is 2.00. The van der Waals surface area contributed by atoms with Crippen molar-refractivity contribution in [3.8, 4) is 5.75 Å². The van der Waals surface area contributed by atoms with E-state index in [1.54, 1.807) is 0 Å². The molecule has 2 nitrogen and oxygen atoms in total. The van der Waals surface area contributed by atoms with E-state index in [2.05, 4.69) is 61.6 Å². The van der Waals surface area contributed by atoms with E-state index in [-0.39, 0.29) is 12.1 Å². The van der Waals surface area contributed by atoms with Crippen molar-refractivity contribution in [2.45, 2.75) is 32.4 Å². The molecule has 0 spiro atoms. The molecular weight excluding hydrogens is 246 g/mol. The number of hydrogen-bond donors (Lipinski definition) is 1. The smallest absolute Gasteiger partial charge is 0.122 e. The molecule has 0 aromatic heterocycles. The van der Waals surface area contributed by atoms with Crippen molar-refractivity contribution >= 4 is 0 Å². The van der Waals surface area contributed by atoms with Crippen LogP contribution in [0.5, 0.6) is 5.75 Å². The Labute approximate surface area is 120 Å². The molecular formula is C18H21NO. The van der Waals surface area contributed by atoms with Gasteiger partial charge in [0.15, 0.2) is 0 Å². The highest BCUT2D eigenvalue weighted by Gasteiger charge is 2.32. The third kappa shape index (κ3) is 2.44. The molecule has 0 bridgehead atoms. The van der Waals surface area contributed by atoms with Gasteiger partial charge in [0.25, 0.3) is 0 Å². The van der Waals surface area contributed by atoms with E-state index in [4.69, 9.17) is 4.74 Å². The lowest BCUT2D eigenvalue weighted by atomic mass is 10.1. The van der Waals surface area contributed by atoms with Crippen molar-refractivity contribution in [3.63, 3.8) is 0 Å². The molecule has 3 rings (SSSR count). The van der Waals surface area contributed by atoms with E-state index < -0.39 is 0 Å². The van der Waals surface area contributed by atoms with Gasteiger partial charge in [0.05, 0.1) is 6.04 Å². The maximum Gasteiger partial charge on any atom is 0.122 e. The Balaban J connectivity index is 1.85. The largest absolute Gasteiger partial charge is 0.488 e. The number of nitrogens with one attached hydrogen (secondary N) is 1. The molecule has 0 fully saturated rings. The molecule has 2 aromatic carbocycles. The van der Waals surface area contributed by atoms with Gasteiger partial charge in [-0.05, 0) is 55.3 Å². The van der Waals surface area contributed by atoms with E-state index in [0.717, 1.165) is 12.2 Å². The summed E-state index contributed by atoms with van der Waals surface area (Å²) in [6.07, 6.45) is 1.13. The van der Waals surface area contributed by atoms with Crippen molar-refractivity contribution in [2.75, 3.05) is 7.05 Å². The van der Waals surface area contributed by atoms with Gasteiger partial charge in [-0.2, -0.15) is 0 Å². The molecule has 2 aromatic rings. The molecule has 104 valence electrons. The number of ether oxygens (including phenoxy) is 1. The van der Waals surface area contributed by atoms with Gasteiger partial charge in [0.2, 0.25) is 0 Å². The van der Waals surface area contributed by atoms with Crippen LogP contribution in [0.25, 0.3) is 0 Å². The van der Waals surface area contributed by atoms with Crippen molar-refractivity contribution < 1.29 is 4.74 Å². The molecule has 0 saturated carbocycles. The van der Waals surface area contributed by atoms with Gasteiger partial charge < -0.3 is 10.1 Å². The van der Waals surface area contributed by atoms with Gasteiger partial charge in [-0.1, -0.05) is 30.3 Å². The fraction of sp³-hybridized carbons (Fsp3) is 0.333. The van der Waals surface area contributed by atoms with Gasteiger partial charge in [0.1, 0.15) is 11.9 Å². The molecule has 20 heavy (non-hydrogen) atoms. The Bertz CT molecular complexity index is 600. The molecule has 0 radical (unpaired) electrons. The summed E-state index contributed by atoms with van der Waals surface area (Å²) in [4.78, 5) is 0. The Kier molecular flexibility index (Phi) is 3.49. The molecule has 2 unspecified atom stereocenters. The van der Waals surface area contributed by atoms with E-state index in [0.29, 0.717) is 0 Å². The Morgan fingerprint density at radius 3 is 2.45 bits per heavy atom. The monoisotopic (exact) mass is 267 g/mol. The van der Waals surface area contributed by atoms with Crippen LogP contribution < -0.4 is 10.1 Å². The number of hydrogen-bond acceptors (Lipinski definition) is 2. The van der Waals surface area contributed by atoms with Crippen LogP contribution in [0.15, 0.2) is 42.5 Å². The first-order valence-electron chi connectivity index (χ1n) is 7.17. The second kappa shape index (κ2) is 5.29. The fourth-order valence-corrected chi connectivity index (χ4v) is 3.19. The number of fused-ring (bicyclic) bond motifs is 1. The molecule has 1 aliphatic rings. The second-order valence-corrected chi connectivity index (χ2v) is 5.65. The van der Waals surface area contributed by atoms with Crippen LogP contribution in [-0.2, 0) is 6.42 Å². The zero-order valence-electron chi connectivity index (χ0n) is 12.3. The van der Waals surface area contributed by atoms with E-state index in [1.807, 2.05) is 7.05 Å². The fourth-order valence-electron chi connectivity index (χ4n) is 3.19. The maximum atomic E-state index is 6.26. The molecule has 0 heterocycles. The summed E-state index contributed by atoms with van der Waals surface area (Å²) in [5, 5.41) is 3.39. The first-order chi connectivity index (χ1) is 9.67. The van der Waals surface area contributed by atoms with Crippen LogP contribution in [0, 0.1) is 13.8 Å². The summed E-state index contributed by atoms with van der Waals surface area (Å²) in [5.74, 6) is 0.973. The van der Waals surface area contributed by atoms with Crippen LogP contribution >= 0.6 is 0 Å². The van der Waals surface area contributed by atoms with Gasteiger partial charge in [-0.25, -0.2) is 0 Å². The average Bonchev–Trinajstić information content (AvgIpc) is 2.74. The van der Waals surface area contributed by atoms with Gasteiger partial charge in [-0.3, -0.25) is 0 Å². The summed E-state index contributed by atoms with van der Waals surface area (Å²) in [6, 6.07) is 15.3. The lowest BCUT2D eigenvalue weighted by Gasteiger charge is -2.22. The van der Waals surface area contributed by atoms with Crippen molar-refractivity contribution in [1.82, 2.24) is 5.32 Å². The third-order valence-electron chi connectivity index (χ3n) is 3.98. The van der Waals surface area contributed by atoms with Gasteiger partial charge >= 0.3 is 0 Å². The lowest BCUT2D eigenvalue weighted by molar-refractivity contribution is 0.171. The van der Waals surface area contributed by atoms with Crippen LogP contribution in [0.2, 0.25) is 0 Å². The Morgan fingerprint density at radius 2 is 1.75 bits per heavy atom. The minimum absolute atomic E-state index is 0.165. The molecule has 1 N–H and O–H groups in total. The highest BCUT2D eigenvalue weighted by molar-refractivity contribution is 5.38. The van der Waals surface area contributed by atoms with Crippen LogP contribution in [0.4, 0.5) is 0 Å². The van der Waals surface area contributed by atoms with Crippen molar-refractivity contribution in [2.24, 2.45) is 0 Å². The van der Waals surface area contributed by atoms with Crippen molar-refractivity contribution in [3.05, 3.63) is 64.7 Å². The number of likely N-dealkylation sites (N-methyl/N-ethyl adjacent to an activating group) is 1. The molecule has 0 saturated heterocycles. The number of rotatable bonds is 3. The molecule has 0 aliphatic heterocycles. The van der Waals surface area contributed by atoms with Crippen molar-refractivity contribution in [1.29, 1.82) is 0 Å². The maximum absolute atomic E-state index is 6.26. The Hall–Kier alpha value is -1.80. The van der Waals surface area contributed by atoms with Crippen LogP contribution in [-0.4, -0.2) is 13.2 Å². The van der Waals surface area contributed by atoms with Crippen LogP contribution in [0.1, 0.15) is 28.3 Å². The summed E-state index contributed by atoms with van der Waals surface area (Å²) in [6.45, 7) is 4.22. The quantitative estimate of drug-likeness (QED) is 0.918. The molecule has 0 amide bonds.